The van der Waals surface area contributed by atoms with Crippen LogP contribution in [0.25, 0.3) is 23.1 Å². The minimum absolute atomic E-state index is 0.391. The number of fused-ring (bicyclic) bond motifs is 1. The number of carboxylic acid groups (broad SMARTS) is 1. The Kier molecular flexibility index (Phi) is 6.39. The van der Waals surface area contributed by atoms with E-state index < -0.39 is 22.9 Å². The lowest BCUT2D eigenvalue weighted by Crippen LogP contribution is -2.38. The van der Waals surface area contributed by atoms with Crippen LogP contribution >= 0.6 is 11.3 Å². The molecule has 0 fully saturated rings. The average molecular weight is 531 g/mol. The molecule has 0 atom stereocenters. The van der Waals surface area contributed by atoms with E-state index in [0.717, 1.165) is 21.6 Å². The van der Waals surface area contributed by atoms with Crippen molar-refractivity contribution in [3.05, 3.63) is 159 Å². The number of carbonyl (C=O) groups is 1. The van der Waals surface area contributed by atoms with Crippen LogP contribution in [0.1, 0.15) is 37.6 Å². The van der Waals surface area contributed by atoms with Gasteiger partial charge < -0.3 is 5.11 Å². The third-order valence-corrected chi connectivity index (χ3v) is 7.71. The zero-order chi connectivity index (χ0) is 26.8. The molecule has 6 aromatic rings. The van der Waals surface area contributed by atoms with Crippen LogP contribution in [0.15, 0.2) is 121 Å². The van der Waals surface area contributed by atoms with Crippen LogP contribution in [0.4, 0.5) is 4.39 Å². The molecule has 0 unspecified atom stereocenters. The summed E-state index contributed by atoms with van der Waals surface area (Å²) in [5.74, 6) is -2.14. The fourth-order valence-corrected chi connectivity index (χ4v) is 5.77. The highest BCUT2D eigenvalue weighted by Crippen LogP contribution is 2.43. The summed E-state index contributed by atoms with van der Waals surface area (Å²) in [6.07, 6.45) is 3.80. The summed E-state index contributed by atoms with van der Waals surface area (Å²) in [6, 6.07) is 36.6. The number of hydrogen-bond donors (Lipinski definition) is 1. The largest absolute Gasteiger partial charge is 0.478 e. The van der Waals surface area contributed by atoms with Crippen molar-refractivity contribution >= 4 is 40.4 Å². The van der Waals surface area contributed by atoms with Crippen molar-refractivity contribution in [1.82, 2.24) is 9.78 Å². The molecule has 0 spiro atoms. The first kappa shape index (κ1) is 24.5. The molecule has 4 nitrogen and oxygen atoms in total. The van der Waals surface area contributed by atoms with Crippen molar-refractivity contribution in [2.45, 2.75) is 5.54 Å². The Hall–Kier alpha value is -4.81. The van der Waals surface area contributed by atoms with Crippen LogP contribution in [0.5, 0.6) is 0 Å². The number of hydrogen-bond acceptors (Lipinski definition) is 3. The first-order valence-electron chi connectivity index (χ1n) is 12.4. The second kappa shape index (κ2) is 10.2. The molecule has 0 aliphatic heterocycles. The fraction of sp³-hybridized carbons (Fsp3) is 0.0303. The van der Waals surface area contributed by atoms with Gasteiger partial charge in [0.15, 0.2) is 0 Å². The summed E-state index contributed by atoms with van der Waals surface area (Å²) in [7, 11) is 0. The number of thiophene rings is 1. The van der Waals surface area contributed by atoms with Gasteiger partial charge in [-0.1, -0.05) is 97.1 Å². The molecule has 0 aliphatic rings. The van der Waals surface area contributed by atoms with Gasteiger partial charge in [-0.3, -0.25) is 0 Å². The predicted octanol–water partition coefficient (Wildman–Crippen LogP) is 7.95. The Balaban J connectivity index is 1.76. The molecule has 6 heteroatoms. The van der Waals surface area contributed by atoms with E-state index >= 15 is 4.39 Å². The van der Waals surface area contributed by atoms with E-state index in [2.05, 4.69) is 0 Å². The second-order valence-electron chi connectivity index (χ2n) is 9.11. The van der Waals surface area contributed by atoms with Gasteiger partial charge in [0.2, 0.25) is 0 Å². The number of carboxylic acids is 1. The zero-order valence-corrected chi connectivity index (χ0v) is 21.6. The molecule has 0 saturated heterocycles. The molecule has 2 aromatic heterocycles. The first-order chi connectivity index (χ1) is 19.1. The number of halogens is 1. The quantitative estimate of drug-likeness (QED) is 0.213. The van der Waals surface area contributed by atoms with E-state index in [1.165, 1.54) is 12.1 Å². The van der Waals surface area contributed by atoms with Crippen molar-refractivity contribution in [2.24, 2.45) is 0 Å². The van der Waals surface area contributed by atoms with Gasteiger partial charge >= 0.3 is 5.97 Å². The topological polar surface area (TPSA) is 55.1 Å². The molecule has 0 bridgehead atoms. The van der Waals surface area contributed by atoms with Crippen LogP contribution in [-0.2, 0) is 5.54 Å². The van der Waals surface area contributed by atoms with Crippen LogP contribution < -0.4 is 0 Å². The Labute approximate surface area is 228 Å². The summed E-state index contributed by atoms with van der Waals surface area (Å²) in [5.41, 5.74) is 2.47. The number of aromatic carboxylic acids is 1. The monoisotopic (exact) mass is 530 g/mol. The minimum Gasteiger partial charge on any atom is -0.478 e. The first-order valence-corrected chi connectivity index (χ1v) is 13.3. The van der Waals surface area contributed by atoms with E-state index in [1.54, 1.807) is 11.3 Å². The van der Waals surface area contributed by atoms with Crippen molar-refractivity contribution in [3.63, 3.8) is 0 Å². The lowest BCUT2D eigenvalue weighted by Gasteiger charge is -2.37. The molecule has 2 heterocycles. The highest BCUT2D eigenvalue weighted by atomic mass is 32.1. The molecular formula is C33H23FN2O2S. The van der Waals surface area contributed by atoms with Crippen LogP contribution in [0.3, 0.4) is 0 Å². The standard InChI is InChI=1S/C33H23FN2O2S/c34-29-22-31-28(21-27(29)32(37)38)30(19-18-26-17-10-20-39-26)35-36(31)33(23-11-4-1-5-12-23,24-13-6-2-7-14-24)25-15-8-3-9-16-25/h1-22H,(H,37,38)/b19-18+. The van der Waals surface area contributed by atoms with Gasteiger partial charge in [-0.25, -0.2) is 13.9 Å². The van der Waals surface area contributed by atoms with Gasteiger partial charge in [0.1, 0.15) is 11.4 Å². The minimum atomic E-state index is -1.32. The van der Waals surface area contributed by atoms with Gasteiger partial charge in [0, 0.05) is 16.3 Å². The molecule has 0 aliphatic carbocycles. The molecule has 6 rings (SSSR count). The summed E-state index contributed by atoms with van der Waals surface area (Å²) in [4.78, 5) is 12.9. The molecule has 190 valence electrons. The van der Waals surface area contributed by atoms with E-state index in [-0.39, 0.29) is 0 Å². The summed E-state index contributed by atoms with van der Waals surface area (Å²) < 4.78 is 17.2. The third-order valence-electron chi connectivity index (χ3n) is 6.87. The predicted molar refractivity (Wildman–Crippen MR) is 155 cm³/mol. The van der Waals surface area contributed by atoms with E-state index in [9.17, 15) is 9.90 Å². The molecule has 39 heavy (non-hydrogen) atoms. The zero-order valence-electron chi connectivity index (χ0n) is 20.7. The van der Waals surface area contributed by atoms with Crippen LogP contribution in [0, 0.1) is 5.82 Å². The van der Waals surface area contributed by atoms with Gasteiger partial charge in [-0.05, 0) is 46.4 Å². The van der Waals surface area contributed by atoms with Gasteiger partial charge in [0.25, 0.3) is 0 Å². The maximum absolute atomic E-state index is 15.3. The van der Waals surface area contributed by atoms with E-state index in [0.29, 0.717) is 16.6 Å². The van der Waals surface area contributed by atoms with E-state index in [4.69, 9.17) is 5.10 Å². The average Bonchev–Trinajstić information content (AvgIpc) is 3.62. The number of rotatable bonds is 7. The molecule has 0 amide bonds. The summed E-state index contributed by atoms with van der Waals surface area (Å²) in [5, 5.41) is 17.4. The Morgan fingerprint density at radius 3 is 1.85 bits per heavy atom. The highest BCUT2D eigenvalue weighted by Gasteiger charge is 2.41. The third kappa shape index (κ3) is 4.25. The van der Waals surface area contributed by atoms with Crippen molar-refractivity contribution in [3.8, 4) is 0 Å². The second-order valence-corrected chi connectivity index (χ2v) is 10.1. The SMILES string of the molecule is O=C(O)c1cc2c(/C=C/c3cccs3)nn(C(c3ccccc3)(c3ccccc3)c3ccccc3)c2cc1F. The van der Waals surface area contributed by atoms with Gasteiger partial charge in [0.05, 0.1) is 16.8 Å². The Bertz CT molecular complexity index is 1680. The highest BCUT2D eigenvalue weighted by molar-refractivity contribution is 7.10. The number of aromatic nitrogens is 2. The molecule has 4 aromatic carbocycles. The van der Waals surface area contributed by atoms with Crippen molar-refractivity contribution < 1.29 is 14.3 Å². The maximum atomic E-state index is 15.3. The smallest absolute Gasteiger partial charge is 0.338 e. The summed E-state index contributed by atoms with van der Waals surface area (Å²) >= 11 is 1.59. The molecular weight excluding hydrogens is 507 g/mol. The van der Waals surface area contributed by atoms with E-state index in [1.807, 2.05) is 125 Å². The molecule has 1 N–H and O–H groups in total. The maximum Gasteiger partial charge on any atom is 0.338 e. The molecule has 0 saturated carbocycles. The lowest BCUT2D eigenvalue weighted by molar-refractivity contribution is 0.0692. The van der Waals surface area contributed by atoms with Gasteiger partial charge in [-0.2, -0.15) is 5.10 Å². The summed E-state index contributed by atoms with van der Waals surface area (Å²) in [6.45, 7) is 0. The fourth-order valence-electron chi connectivity index (χ4n) is 5.15. The number of benzene rings is 4. The Morgan fingerprint density at radius 1 is 0.795 bits per heavy atom. The normalized spacial score (nSPS) is 11.8. The van der Waals surface area contributed by atoms with Crippen molar-refractivity contribution in [1.29, 1.82) is 0 Å². The molecule has 0 radical (unpaired) electrons. The Morgan fingerprint density at radius 2 is 1.36 bits per heavy atom. The van der Waals surface area contributed by atoms with Crippen molar-refractivity contribution in [2.75, 3.05) is 0 Å². The van der Waals surface area contributed by atoms with Crippen LogP contribution in [0.2, 0.25) is 0 Å². The van der Waals surface area contributed by atoms with Gasteiger partial charge in [-0.15, -0.1) is 11.3 Å². The number of nitrogens with zero attached hydrogens (tertiary/aromatic N) is 2. The lowest BCUT2D eigenvalue weighted by atomic mass is 9.77. The van der Waals surface area contributed by atoms with Crippen LogP contribution in [-0.4, -0.2) is 20.9 Å².